The van der Waals surface area contributed by atoms with Gasteiger partial charge in [-0.25, -0.2) is 0 Å². The lowest BCUT2D eigenvalue weighted by Crippen LogP contribution is -2.43. The second kappa shape index (κ2) is 5.65. The summed E-state index contributed by atoms with van der Waals surface area (Å²) in [6.07, 6.45) is 1.67. The van der Waals surface area contributed by atoms with Gasteiger partial charge >= 0.3 is 0 Å². The number of benzene rings is 1. The van der Waals surface area contributed by atoms with Crippen molar-refractivity contribution in [2.75, 3.05) is 6.54 Å². The maximum Gasteiger partial charge on any atom is 0.229 e. The maximum absolute atomic E-state index is 12.0. The van der Waals surface area contributed by atoms with Crippen molar-refractivity contribution < 1.29 is 9.59 Å². The molecule has 3 nitrogen and oxygen atoms in total. The van der Waals surface area contributed by atoms with Gasteiger partial charge in [0.2, 0.25) is 11.8 Å². The number of rotatable bonds is 3. The molecule has 18 heavy (non-hydrogen) atoms. The molecule has 1 fully saturated rings. The van der Waals surface area contributed by atoms with Gasteiger partial charge in [-0.2, -0.15) is 0 Å². The number of hydrogen-bond acceptors (Lipinski definition) is 2. The Bertz CT molecular complexity index is 455. The number of halogens is 1. The van der Waals surface area contributed by atoms with Gasteiger partial charge < -0.3 is 0 Å². The third-order valence-corrected chi connectivity index (χ3v) is 3.96. The van der Waals surface area contributed by atoms with E-state index in [9.17, 15) is 9.59 Å². The average Bonchev–Trinajstić information content (AvgIpc) is 2.34. The zero-order valence-electron chi connectivity index (χ0n) is 10.4. The molecular weight excluding hydrogens is 294 g/mol. The molecule has 0 aliphatic carbocycles. The Labute approximate surface area is 115 Å². The largest absolute Gasteiger partial charge is 0.283 e. The van der Waals surface area contributed by atoms with Gasteiger partial charge in [0.05, 0.1) is 0 Å². The highest BCUT2D eigenvalue weighted by atomic mass is 79.9. The molecule has 0 spiro atoms. The Balaban J connectivity index is 2.18. The molecule has 2 amide bonds. The van der Waals surface area contributed by atoms with E-state index in [1.807, 2.05) is 31.2 Å². The molecule has 0 bridgehead atoms. The van der Waals surface area contributed by atoms with E-state index in [1.165, 1.54) is 4.90 Å². The molecule has 0 unspecified atom stereocenters. The van der Waals surface area contributed by atoms with Crippen LogP contribution in [-0.4, -0.2) is 23.3 Å². The topological polar surface area (TPSA) is 37.4 Å². The first-order chi connectivity index (χ1) is 8.63. The molecule has 1 saturated heterocycles. The summed E-state index contributed by atoms with van der Waals surface area (Å²) >= 11 is 3.48. The minimum Gasteiger partial charge on any atom is -0.283 e. The van der Waals surface area contributed by atoms with Crippen molar-refractivity contribution >= 4 is 27.7 Å². The van der Waals surface area contributed by atoms with Gasteiger partial charge in [0.15, 0.2) is 0 Å². The lowest BCUT2D eigenvalue weighted by molar-refractivity contribution is -0.148. The fourth-order valence-corrected chi connectivity index (χ4v) is 2.96. The van der Waals surface area contributed by atoms with Crippen LogP contribution in [0.2, 0.25) is 0 Å². The summed E-state index contributed by atoms with van der Waals surface area (Å²) in [4.78, 5) is 25.4. The van der Waals surface area contributed by atoms with Crippen molar-refractivity contribution in [3.8, 4) is 0 Å². The second-order valence-electron chi connectivity index (χ2n) is 4.57. The van der Waals surface area contributed by atoms with E-state index in [0.29, 0.717) is 19.4 Å². The number of likely N-dealkylation sites (tertiary alicyclic amines) is 1. The predicted octanol–water partition coefficient (Wildman–Crippen LogP) is 3.09. The Kier molecular flexibility index (Phi) is 4.17. The number of piperidine rings is 1. The summed E-state index contributed by atoms with van der Waals surface area (Å²) in [6.45, 7) is 2.51. The van der Waals surface area contributed by atoms with Crippen molar-refractivity contribution in [2.24, 2.45) is 0 Å². The number of hydrogen-bond donors (Lipinski definition) is 0. The van der Waals surface area contributed by atoms with E-state index < -0.39 is 0 Å². The first-order valence-electron chi connectivity index (χ1n) is 6.21. The lowest BCUT2D eigenvalue weighted by atomic mass is 9.88. The molecule has 96 valence electrons. The molecule has 2 rings (SSSR count). The third-order valence-electron chi connectivity index (χ3n) is 3.24. The number of amides is 2. The summed E-state index contributed by atoms with van der Waals surface area (Å²) in [5, 5.41) is 0. The van der Waals surface area contributed by atoms with E-state index in [2.05, 4.69) is 15.9 Å². The normalized spacial score (nSPS) is 17.3. The Morgan fingerprint density at radius 3 is 2.39 bits per heavy atom. The highest BCUT2D eigenvalue weighted by Gasteiger charge is 2.33. The quantitative estimate of drug-likeness (QED) is 0.805. The van der Waals surface area contributed by atoms with Crippen molar-refractivity contribution in [1.29, 1.82) is 0 Å². The first kappa shape index (κ1) is 13.3. The summed E-state index contributed by atoms with van der Waals surface area (Å²) in [5.41, 5.74) is 1.05. The molecule has 0 aromatic heterocycles. The number of nitrogens with zero attached hydrogens (tertiary/aromatic N) is 1. The van der Waals surface area contributed by atoms with Crippen LogP contribution in [0.3, 0.4) is 0 Å². The molecule has 0 radical (unpaired) electrons. The van der Waals surface area contributed by atoms with Crippen LogP contribution >= 0.6 is 15.9 Å². The van der Waals surface area contributed by atoms with Crippen molar-refractivity contribution in [1.82, 2.24) is 4.90 Å². The summed E-state index contributed by atoms with van der Waals surface area (Å²) in [6, 6.07) is 7.80. The summed E-state index contributed by atoms with van der Waals surface area (Å²) in [5.74, 6) is -0.0867. The summed E-state index contributed by atoms with van der Waals surface area (Å²) < 4.78 is 0.972. The van der Waals surface area contributed by atoms with Gasteiger partial charge in [0.25, 0.3) is 0 Å². The Morgan fingerprint density at radius 2 is 1.83 bits per heavy atom. The molecule has 1 aliphatic rings. The van der Waals surface area contributed by atoms with E-state index in [-0.39, 0.29) is 17.7 Å². The van der Waals surface area contributed by atoms with E-state index in [1.54, 1.807) is 0 Å². The summed E-state index contributed by atoms with van der Waals surface area (Å²) in [7, 11) is 0. The van der Waals surface area contributed by atoms with Crippen LogP contribution in [0.15, 0.2) is 28.7 Å². The van der Waals surface area contributed by atoms with Crippen LogP contribution in [-0.2, 0) is 9.59 Å². The molecule has 0 N–H and O–H groups in total. The fourth-order valence-electron chi connectivity index (χ4n) is 2.35. The molecule has 1 aromatic carbocycles. The highest BCUT2D eigenvalue weighted by molar-refractivity contribution is 9.10. The SMILES string of the molecule is CCCN1C(=O)CC(c2ccccc2Br)CC1=O. The zero-order chi connectivity index (χ0) is 13.1. The zero-order valence-corrected chi connectivity index (χ0v) is 11.9. The minimum atomic E-state index is -0.0474. The van der Waals surface area contributed by atoms with Crippen LogP contribution in [0, 0.1) is 0 Å². The van der Waals surface area contributed by atoms with E-state index in [4.69, 9.17) is 0 Å². The Morgan fingerprint density at radius 1 is 1.22 bits per heavy atom. The van der Waals surface area contributed by atoms with Gasteiger partial charge in [0, 0.05) is 29.8 Å². The maximum atomic E-state index is 12.0. The Hall–Kier alpha value is -1.16. The van der Waals surface area contributed by atoms with Crippen molar-refractivity contribution in [3.63, 3.8) is 0 Å². The predicted molar refractivity (Wildman–Crippen MR) is 73.1 cm³/mol. The third kappa shape index (κ3) is 2.64. The molecule has 1 aromatic rings. The van der Waals surface area contributed by atoms with Crippen molar-refractivity contribution in [3.05, 3.63) is 34.3 Å². The molecular formula is C14H16BrNO2. The first-order valence-corrected chi connectivity index (χ1v) is 7.00. The van der Waals surface area contributed by atoms with Gasteiger partial charge in [0.1, 0.15) is 0 Å². The van der Waals surface area contributed by atoms with Crippen LogP contribution < -0.4 is 0 Å². The van der Waals surface area contributed by atoms with Crippen LogP contribution in [0.5, 0.6) is 0 Å². The fraction of sp³-hybridized carbons (Fsp3) is 0.429. The number of carbonyl (C=O) groups is 2. The smallest absolute Gasteiger partial charge is 0.229 e. The number of carbonyl (C=O) groups excluding carboxylic acids is 2. The van der Waals surface area contributed by atoms with Crippen LogP contribution in [0.1, 0.15) is 37.7 Å². The molecule has 4 heteroatoms. The van der Waals surface area contributed by atoms with E-state index in [0.717, 1.165) is 16.5 Å². The van der Waals surface area contributed by atoms with Crippen LogP contribution in [0.4, 0.5) is 0 Å². The number of imide groups is 1. The van der Waals surface area contributed by atoms with E-state index >= 15 is 0 Å². The molecule has 1 heterocycles. The molecule has 1 aliphatic heterocycles. The standard InChI is InChI=1S/C14H16BrNO2/c1-2-7-16-13(17)8-10(9-14(16)18)11-5-3-4-6-12(11)15/h3-6,10H,2,7-9H2,1H3. The highest BCUT2D eigenvalue weighted by Crippen LogP contribution is 2.33. The molecule has 0 atom stereocenters. The van der Waals surface area contributed by atoms with Gasteiger partial charge in [-0.3, -0.25) is 14.5 Å². The lowest BCUT2D eigenvalue weighted by Gasteiger charge is -2.30. The van der Waals surface area contributed by atoms with Gasteiger partial charge in [-0.05, 0) is 18.1 Å². The monoisotopic (exact) mass is 309 g/mol. The van der Waals surface area contributed by atoms with Crippen molar-refractivity contribution in [2.45, 2.75) is 32.1 Å². The average molecular weight is 310 g/mol. The second-order valence-corrected chi connectivity index (χ2v) is 5.42. The minimum absolute atomic E-state index is 0.00804. The van der Waals surface area contributed by atoms with Crippen LogP contribution in [0.25, 0.3) is 0 Å². The van der Waals surface area contributed by atoms with Gasteiger partial charge in [-0.15, -0.1) is 0 Å². The molecule has 0 saturated carbocycles. The van der Waals surface area contributed by atoms with Gasteiger partial charge in [-0.1, -0.05) is 41.1 Å².